The smallest absolute Gasteiger partial charge is 0.335 e. The van der Waals surface area contributed by atoms with Crippen molar-refractivity contribution in [3.05, 3.63) is 35.4 Å². The monoisotopic (exact) mass is 276 g/mol. The molecule has 1 aromatic carbocycles. The van der Waals surface area contributed by atoms with Crippen LogP contribution in [0.5, 0.6) is 0 Å². The van der Waals surface area contributed by atoms with E-state index < -0.39 is 5.97 Å². The van der Waals surface area contributed by atoms with Gasteiger partial charge in [0, 0.05) is 19.6 Å². The highest BCUT2D eigenvalue weighted by molar-refractivity contribution is 5.87. The van der Waals surface area contributed by atoms with Gasteiger partial charge in [0.15, 0.2) is 0 Å². The largest absolute Gasteiger partial charge is 0.478 e. The Morgan fingerprint density at radius 3 is 2.75 bits per heavy atom. The highest BCUT2D eigenvalue weighted by Crippen LogP contribution is 2.29. The Labute approximate surface area is 118 Å². The molecule has 0 unspecified atom stereocenters. The van der Waals surface area contributed by atoms with Gasteiger partial charge in [0.25, 0.3) is 0 Å². The maximum absolute atomic E-state index is 12.0. The van der Waals surface area contributed by atoms with E-state index in [1.807, 2.05) is 13.0 Å². The molecule has 0 saturated heterocycles. The number of amides is 2. The van der Waals surface area contributed by atoms with Gasteiger partial charge in [-0.2, -0.15) is 0 Å². The lowest BCUT2D eigenvalue weighted by atomic mass is 10.1. The predicted molar refractivity (Wildman–Crippen MR) is 75.6 cm³/mol. The number of urea groups is 1. The fourth-order valence-electron chi connectivity index (χ4n) is 2.07. The van der Waals surface area contributed by atoms with Crippen LogP contribution in [0.2, 0.25) is 0 Å². The zero-order valence-electron chi connectivity index (χ0n) is 11.6. The highest BCUT2D eigenvalue weighted by atomic mass is 16.4. The van der Waals surface area contributed by atoms with Crippen molar-refractivity contribution in [3.63, 3.8) is 0 Å². The van der Waals surface area contributed by atoms with Gasteiger partial charge in [-0.15, -0.1) is 0 Å². The lowest BCUT2D eigenvalue weighted by molar-refractivity contribution is 0.0696. The Bertz CT molecular complexity index is 498. The first-order valence-corrected chi connectivity index (χ1v) is 6.95. The number of carbonyl (C=O) groups is 2. The number of carboxylic acid groups (broad SMARTS) is 1. The third-order valence-corrected chi connectivity index (χ3v) is 3.46. The normalized spacial score (nSPS) is 13.8. The van der Waals surface area contributed by atoms with E-state index in [9.17, 15) is 9.59 Å². The van der Waals surface area contributed by atoms with Gasteiger partial charge in [0.1, 0.15) is 0 Å². The van der Waals surface area contributed by atoms with Crippen LogP contribution in [0.3, 0.4) is 0 Å². The standard InChI is InChI=1S/C15H20N2O3/c1-2-17(10-11-6-7-11)15(20)16-9-12-4-3-5-13(8-12)14(18)19/h3-5,8,11H,2,6-7,9-10H2,1H3,(H,16,20)(H,18,19). The summed E-state index contributed by atoms with van der Waals surface area (Å²) in [6.07, 6.45) is 2.43. The molecule has 1 aliphatic rings. The quantitative estimate of drug-likeness (QED) is 0.837. The molecule has 1 aliphatic carbocycles. The number of carboxylic acids is 1. The van der Waals surface area contributed by atoms with Crippen LogP contribution in [0.4, 0.5) is 4.79 Å². The van der Waals surface area contributed by atoms with E-state index in [2.05, 4.69) is 5.32 Å². The van der Waals surface area contributed by atoms with Gasteiger partial charge in [-0.3, -0.25) is 0 Å². The van der Waals surface area contributed by atoms with Crippen LogP contribution < -0.4 is 5.32 Å². The highest BCUT2D eigenvalue weighted by Gasteiger charge is 2.25. The molecule has 1 fully saturated rings. The Hall–Kier alpha value is -2.04. The molecule has 5 heteroatoms. The Morgan fingerprint density at radius 1 is 1.40 bits per heavy atom. The van der Waals surface area contributed by atoms with Crippen molar-refractivity contribution < 1.29 is 14.7 Å². The van der Waals surface area contributed by atoms with Gasteiger partial charge >= 0.3 is 12.0 Å². The summed E-state index contributed by atoms with van der Waals surface area (Å²) < 4.78 is 0. The van der Waals surface area contributed by atoms with Crippen molar-refractivity contribution >= 4 is 12.0 Å². The van der Waals surface area contributed by atoms with E-state index in [1.165, 1.54) is 12.8 Å². The van der Waals surface area contributed by atoms with Crippen LogP contribution in [-0.4, -0.2) is 35.1 Å². The molecule has 2 amide bonds. The molecule has 1 saturated carbocycles. The van der Waals surface area contributed by atoms with Gasteiger partial charge in [-0.25, -0.2) is 9.59 Å². The summed E-state index contributed by atoms with van der Waals surface area (Å²) in [5.41, 5.74) is 1.03. The van der Waals surface area contributed by atoms with E-state index >= 15 is 0 Å². The van der Waals surface area contributed by atoms with Crippen LogP contribution in [0.1, 0.15) is 35.7 Å². The molecule has 0 radical (unpaired) electrons. The van der Waals surface area contributed by atoms with Gasteiger partial charge in [-0.05, 0) is 43.4 Å². The molecule has 0 atom stereocenters. The molecular formula is C15H20N2O3. The second-order valence-corrected chi connectivity index (χ2v) is 5.15. The summed E-state index contributed by atoms with van der Waals surface area (Å²) >= 11 is 0. The van der Waals surface area contributed by atoms with Crippen LogP contribution in [0.25, 0.3) is 0 Å². The average Bonchev–Trinajstić information content (AvgIpc) is 3.26. The van der Waals surface area contributed by atoms with Crippen molar-refractivity contribution in [2.45, 2.75) is 26.3 Å². The third kappa shape index (κ3) is 3.98. The topological polar surface area (TPSA) is 69.6 Å². The lowest BCUT2D eigenvalue weighted by Gasteiger charge is -2.21. The van der Waals surface area contributed by atoms with E-state index in [4.69, 9.17) is 5.11 Å². The van der Waals surface area contributed by atoms with Crippen molar-refractivity contribution in [1.82, 2.24) is 10.2 Å². The van der Waals surface area contributed by atoms with Crippen molar-refractivity contribution in [2.24, 2.45) is 5.92 Å². The van der Waals surface area contributed by atoms with E-state index in [0.29, 0.717) is 19.0 Å². The summed E-state index contributed by atoms with van der Waals surface area (Å²) in [4.78, 5) is 24.7. The minimum absolute atomic E-state index is 0.0832. The first kappa shape index (κ1) is 14.4. The molecule has 2 rings (SSSR count). The van der Waals surface area contributed by atoms with Crippen LogP contribution in [0.15, 0.2) is 24.3 Å². The maximum atomic E-state index is 12.0. The molecule has 2 N–H and O–H groups in total. The van der Waals surface area contributed by atoms with Gasteiger partial charge in [0.2, 0.25) is 0 Å². The number of benzene rings is 1. The first-order chi connectivity index (χ1) is 9.60. The minimum Gasteiger partial charge on any atom is -0.478 e. The Balaban J connectivity index is 1.88. The summed E-state index contributed by atoms with van der Waals surface area (Å²) in [6, 6.07) is 6.54. The van der Waals surface area contributed by atoms with Crippen molar-refractivity contribution in [3.8, 4) is 0 Å². The van der Waals surface area contributed by atoms with Crippen molar-refractivity contribution in [2.75, 3.05) is 13.1 Å². The number of hydrogen-bond donors (Lipinski definition) is 2. The summed E-state index contributed by atoms with van der Waals surface area (Å²) in [5.74, 6) is -0.293. The molecule has 0 spiro atoms. The zero-order chi connectivity index (χ0) is 14.5. The molecule has 0 aromatic heterocycles. The SMILES string of the molecule is CCN(CC1CC1)C(=O)NCc1cccc(C(=O)O)c1. The Kier molecular flexibility index (Phi) is 4.61. The molecule has 1 aromatic rings. The zero-order valence-corrected chi connectivity index (χ0v) is 11.6. The number of rotatable bonds is 6. The number of nitrogens with one attached hydrogen (secondary N) is 1. The Morgan fingerprint density at radius 2 is 2.15 bits per heavy atom. The maximum Gasteiger partial charge on any atom is 0.335 e. The second kappa shape index (κ2) is 6.41. The minimum atomic E-state index is -0.956. The van der Waals surface area contributed by atoms with Crippen LogP contribution in [-0.2, 0) is 6.54 Å². The molecule has 20 heavy (non-hydrogen) atoms. The van der Waals surface area contributed by atoms with E-state index in [0.717, 1.165) is 12.1 Å². The fourth-order valence-corrected chi connectivity index (χ4v) is 2.07. The van der Waals surface area contributed by atoms with Crippen molar-refractivity contribution in [1.29, 1.82) is 0 Å². The number of nitrogens with zero attached hydrogens (tertiary/aromatic N) is 1. The van der Waals surface area contributed by atoms with E-state index in [1.54, 1.807) is 23.1 Å². The lowest BCUT2D eigenvalue weighted by Crippen LogP contribution is -2.40. The summed E-state index contributed by atoms with van der Waals surface area (Å²) in [5, 5.41) is 11.8. The van der Waals surface area contributed by atoms with Gasteiger partial charge in [0.05, 0.1) is 5.56 Å². The van der Waals surface area contributed by atoms with Gasteiger partial charge in [-0.1, -0.05) is 12.1 Å². The molecule has 0 heterocycles. The molecular weight excluding hydrogens is 256 g/mol. The summed E-state index contributed by atoms with van der Waals surface area (Å²) in [7, 11) is 0. The molecule has 108 valence electrons. The van der Waals surface area contributed by atoms with Crippen LogP contribution in [0, 0.1) is 5.92 Å². The summed E-state index contributed by atoms with van der Waals surface area (Å²) in [6.45, 7) is 3.82. The number of aromatic carboxylic acids is 1. The predicted octanol–water partition coefficient (Wildman–Crippen LogP) is 2.33. The van der Waals surface area contributed by atoms with Crippen LogP contribution >= 0.6 is 0 Å². The second-order valence-electron chi connectivity index (χ2n) is 5.15. The molecule has 0 aliphatic heterocycles. The first-order valence-electron chi connectivity index (χ1n) is 6.95. The van der Waals surface area contributed by atoms with E-state index in [-0.39, 0.29) is 11.6 Å². The average molecular weight is 276 g/mol. The third-order valence-electron chi connectivity index (χ3n) is 3.46. The number of hydrogen-bond acceptors (Lipinski definition) is 2. The molecule has 0 bridgehead atoms. The number of carbonyl (C=O) groups excluding carboxylic acids is 1. The van der Waals surface area contributed by atoms with Gasteiger partial charge < -0.3 is 15.3 Å². The fraction of sp³-hybridized carbons (Fsp3) is 0.467. The molecule has 5 nitrogen and oxygen atoms in total.